The molecule has 0 saturated carbocycles. The highest BCUT2D eigenvalue weighted by Gasteiger charge is 2.33. The van der Waals surface area contributed by atoms with Crippen LogP contribution in [0, 0.1) is 5.92 Å². The number of allylic oxidation sites excluding steroid dienone is 14. The van der Waals surface area contributed by atoms with Crippen molar-refractivity contribution in [1.29, 1.82) is 0 Å². The van der Waals surface area contributed by atoms with Crippen LogP contribution in [0.1, 0.15) is 13.3 Å². The van der Waals surface area contributed by atoms with E-state index in [4.69, 9.17) is 0 Å². The van der Waals surface area contributed by atoms with Crippen LogP contribution in [0.3, 0.4) is 0 Å². The first-order valence-corrected chi connectivity index (χ1v) is 6.23. The highest BCUT2D eigenvalue weighted by atomic mass is 14.4. The molecule has 0 N–H and O–H groups in total. The van der Waals surface area contributed by atoms with Crippen LogP contribution in [0.5, 0.6) is 0 Å². The maximum Gasteiger partial charge on any atom is 0.0351 e. The Kier molecular flexibility index (Phi) is 1.69. The number of hydrogen-bond acceptors (Lipinski definition) is 0. The second-order valence-electron chi connectivity index (χ2n) is 5.08. The van der Waals surface area contributed by atoms with Gasteiger partial charge in [-0.3, -0.25) is 0 Å². The van der Waals surface area contributed by atoms with E-state index in [-0.39, 0.29) is 0 Å². The summed E-state index contributed by atoms with van der Waals surface area (Å²) < 4.78 is 0. The molecule has 0 spiro atoms. The normalized spacial score (nSPS) is 28.2. The average molecular weight is 218 g/mol. The van der Waals surface area contributed by atoms with Crippen molar-refractivity contribution >= 4 is 0 Å². The van der Waals surface area contributed by atoms with Gasteiger partial charge in [0.25, 0.3) is 0 Å². The number of hydrogen-bond donors (Lipinski definition) is 0. The van der Waals surface area contributed by atoms with Crippen LogP contribution in [-0.4, -0.2) is 0 Å². The van der Waals surface area contributed by atoms with Crippen molar-refractivity contribution in [2.24, 2.45) is 5.92 Å². The summed E-state index contributed by atoms with van der Waals surface area (Å²) in [7, 11) is 0. The lowest BCUT2D eigenvalue weighted by Crippen LogP contribution is -2.22. The summed E-state index contributed by atoms with van der Waals surface area (Å²) in [6, 6.07) is 0. The van der Waals surface area contributed by atoms with Crippen LogP contribution < -0.4 is 0 Å². The largest absolute Gasteiger partial charge is 0.0795 e. The lowest BCUT2D eigenvalue weighted by atomic mass is 9.67. The summed E-state index contributed by atoms with van der Waals surface area (Å²) in [6.07, 6.45) is 19.3. The van der Waals surface area contributed by atoms with E-state index >= 15 is 0 Å². The first-order chi connectivity index (χ1) is 8.34. The van der Waals surface area contributed by atoms with Crippen molar-refractivity contribution in [3.05, 3.63) is 82.0 Å². The Morgan fingerprint density at radius 1 is 1.12 bits per heavy atom. The second-order valence-corrected chi connectivity index (χ2v) is 5.08. The van der Waals surface area contributed by atoms with Crippen LogP contribution in [-0.2, 0) is 0 Å². The molecule has 0 aromatic carbocycles. The maximum atomic E-state index is 2.37. The van der Waals surface area contributed by atoms with E-state index in [0.717, 1.165) is 6.42 Å². The van der Waals surface area contributed by atoms with E-state index in [0.29, 0.717) is 5.92 Å². The van der Waals surface area contributed by atoms with Gasteiger partial charge < -0.3 is 0 Å². The van der Waals surface area contributed by atoms with Crippen molar-refractivity contribution < 1.29 is 0 Å². The van der Waals surface area contributed by atoms with Crippen LogP contribution >= 0.6 is 0 Å². The van der Waals surface area contributed by atoms with Crippen LogP contribution in [0.25, 0.3) is 0 Å². The molecular formula is C17H14. The van der Waals surface area contributed by atoms with Gasteiger partial charge in [-0.15, -0.1) is 0 Å². The third-order valence-electron chi connectivity index (χ3n) is 4.09. The summed E-state index contributed by atoms with van der Waals surface area (Å²) in [4.78, 5) is 0. The van der Waals surface area contributed by atoms with Crippen LogP contribution in [0.4, 0.5) is 0 Å². The van der Waals surface area contributed by atoms with Gasteiger partial charge in [-0.1, -0.05) is 48.6 Å². The third-order valence-corrected chi connectivity index (χ3v) is 4.09. The minimum atomic E-state index is 0.505. The molecule has 0 saturated heterocycles. The standard InChI is InChI=1S/C17H14/c1-11-10-14-6-2-4-12-8-9-13-5-3-7-15(11)17(13)16(12)14/h2-5,7-10,17H,6H2,1H3. The molecule has 17 heavy (non-hydrogen) atoms. The van der Waals surface area contributed by atoms with Crippen molar-refractivity contribution in [3.8, 4) is 0 Å². The molecule has 0 heteroatoms. The third kappa shape index (κ3) is 1.13. The zero-order valence-corrected chi connectivity index (χ0v) is 9.90. The van der Waals surface area contributed by atoms with E-state index in [1.54, 1.807) is 5.57 Å². The van der Waals surface area contributed by atoms with Gasteiger partial charge in [0.05, 0.1) is 0 Å². The zero-order valence-electron chi connectivity index (χ0n) is 9.90. The molecule has 4 aliphatic rings. The summed E-state index contributed by atoms with van der Waals surface area (Å²) in [5, 5.41) is 0. The predicted molar refractivity (Wildman–Crippen MR) is 71.4 cm³/mol. The Bertz CT molecular complexity index is 625. The Hall–Kier alpha value is -1.82. The number of rotatable bonds is 0. The fourth-order valence-corrected chi connectivity index (χ4v) is 3.33. The van der Waals surface area contributed by atoms with Gasteiger partial charge >= 0.3 is 0 Å². The van der Waals surface area contributed by atoms with Crippen molar-refractivity contribution in [2.75, 3.05) is 0 Å². The fraction of sp³-hybridized carbons (Fsp3) is 0.176. The quantitative estimate of drug-likeness (QED) is 0.572. The highest BCUT2D eigenvalue weighted by Crippen LogP contribution is 2.48. The molecule has 0 amide bonds. The summed E-state index contributed by atoms with van der Waals surface area (Å²) in [5.74, 6) is 0.505. The maximum absolute atomic E-state index is 2.37. The van der Waals surface area contributed by atoms with Crippen molar-refractivity contribution in [1.82, 2.24) is 0 Å². The molecular weight excluding hydrogens is 204 g/mol. The van der Waals surface area contributed by atoms with Gasteiger partial charge in [-0.05, 0) is 46.8 Å². The van der Waals surface area contributed by atoms with Gasteiger partial charge in [-0.25, -0.2) is 0 Å². The van der Waals surface area contributed by atoms with Crippen LogP contribution in [0.15, 0.2) is 82.0 Å². The zero-order chi connectivity index (χ0) is 11.4. The first-order valence-electron chi connectivity index (χ1n) is 6.23. The lowest BCUT2D eigenvalue weighted by molar-refractivity contribution is 0.818. The molecule has 0 radical (unpaired) electrons. The van der Waals surface area contributed by atoms with Gasteiger partial charge in [0, 0.05) is 5.92 Å². The van der Waals surface area contributed by atoms with Crippen LogP contribution in [0.2, 0.25) is 0 Å². The summed E-state index contributed by atoms with van der Waals surface area (Å²) in [6.45, 7) is 2.24. The molecule has 4 rings (SSSR count). The summed E-state index contributed by atoms with van der Waals surface area (Å²) >= 11 is 0. The Morgan fingerprint density at radius 2 is 2.06 bits per heavy atom. The Balaban J connectivity index is 2.05. The highest BCUT2D eigenvalue weighted by molar-refractivity contribution is 5.68. The van der Waals surface area contributed by atoms with Gasteiger partial charge in [0.1, 0.15) is 0 Å². The topological polar surface area (TPSA) is 0 Å². The molecule has 0 nitrogen and oxygen atoms in total. The predicted octanol–water partition coefficient (Wildman–Crippen LogP) is 4.18. The van der Waals surface area contributed by atoms with E-state index in [2.05, 4.69) is 55.5 Å². The minimum Gasteiger partial charge on any atom is -0.0795 e. The Labute approximate surface area is 102 Å². The van der Waals surface area contributed by atoms with Gasteiger partial charge in [0.2, 0.25) is 0 Å². The molecule has 0 aromatic heterocycles. The SMILES string of the molecule is CC1=CC2=C3C(=CC=C4C=CC=C1C43)C=CC2. The lowest BCUT2D eigenvalue weighted by Gasteiger charge is -2.36. The van der Waals surface area contributed by atoms with Gasteiger partial charge in [-0.2, -0.15) is 0 Å². The fourth-order valence-electron chi connectivity index (χ4n) is 3.33. The molecule has 0 aliphatic heterocycles. The van der Waals surface area contributed by atoms with Crippen molar-refractivity contribution in [3.63, 3.8) is 0 Å². The molecule has 1 atom stereocenters. The van der Waals surface area contributed by atoms with E-state index in [1.807, 2.05) is 0 Å². The molecule has 0 fully saturated rings. The monoisotopic (exact) mass is 218 g/mol. The second kappa shape index (κ2) is 3.10. The molecule has 82 valence electrons. The molecule has 4 aliphatic carbocycles. The van der Waals surface area contributed by atoms with E-state index in [9.17, 15) is 0 Å². The van der Waals surface area contributed by atoms with E-state index < -0.39 is 0 Å². The average Bonchev–Trinajstić information content (AvgIpc) is 2.37. The smallest absolute Gasteiger partial charge is 0.0351 e. The molecule has 0 aromatic rings. The van der Waals surface area contributed by atoms with Gasteiger partial charge in [0.15, 0.2) is 0 Å². The minimum absolute atomic E-state index is 0.505. The summed E-state index contributed by atoms with van der Waals surface area (Å²) in [5.41, 5.74) is 8.83. The Morgan fingerprint density at radius 3 is 3.00 bits per heavy atom. The van der Waals surface area contributed by atoms with E-state index in [1.165, 1.54) is 27.9 Å². The molecule has 0 heterocycles. The molecule has 0 bridgehead atoms. The van der Waals surface area contributed by atoms with Crippen molar-refractivity contribution in [2.45, 2.75) is 13.3 Å². The first kappa shape index (κ1) is 9.23. The molecule has 1 unspecified atom stereocenters.